The van der Waals surface area contributed by atoms with Gasteiger partial charge in [-0.05, 0) is 37.1 Å². The summed E-state index contributed by atoms with van der Waals surface area (Å²) in [4.78, 5) is 52.2. The van der Waals surface area contributed by atoms with Crippen molar-refractivity contribution in [3.63, 3.8) is 0 Å². The van der Waals surface area contributed by atoms with Crippen LogP contribution in [-0.4, -0.2) is 39.3 Å². The molecule has 2 fully saturated rings. The summed E-state index contributed by atoms with van der Waals surface area (Å²) in [5, 5.41) is 5.93. The number of hydrogen-bond acceptors (Lipinski definition) is 5. The molecule has 180 valence electrons. The number of para-hydroxylation sites is 1. The van der Waals surface area contributed by atoms with Crippen molar-refractivity contribution in [1.29, 1.82) is 0 Å². The number of carbonyl (C=O) groups excluding carboxylic acids is 4. The highest BCUT2D eigenvalue weighted by atomic mass is 16.3. The van der Waals surface area contributed by atoms with Crippen molar-refractivity contribution in [2.45, 2.75) is 51.2 Å². The highest BCUT2D eigenvalue weighted by Gasteiger charge is 2.40. The van der Waals surface area contributed by atoms with E-state index in [9.17, 15) is 19.2 Å². The van der Waals surface area contributed by atoms with Crippen LogP contribution in [0.5, 0.6) is 0 Å². The summed E-state index contributed by atoms with van der Waals surface area (Å²) >= 11 is 0. The van der Waals surface area contributed by atoms with Crippen LogP contribution < -0.4 is 10.6 Å². The Balaban J connectivity index is 1.42. The van der Waals surface area contributed by atoms with Crippen molar-refractivity contribution in [3.8, 4) is 0 Å². The predicted molar refractivity (Wildman–Crippen MR) is 128 cm³/mol. The van der Waals surface area contributed by atoms with Crippen molar-refractivity contribution in [1.82, 2.24) is 20.1 Å². The minimum Gasteiger partial charge on any atom is -0.467 e. The number of carbonyl (C=O) groups is 4. The van der Waals surface area contributed by atoms with Crippen LogP contribution in [0.4, 0.5) is 4.79 Å². The van der Waals surface area contributed by atoms with E-state index in [4.69, 9.17) is 4.42 Å². The second-order valence-corrected chi connectivity index (χ2v) is 8.87. The lowest BCUT2D eigenvalue weighted by Crippen LogP contribution is -2.58. The average molecular weight is 475 g/mol. The lowest BCUT2D eigenvalue weighted by molar-refractivity contribution is -0.132. The summed E-state index contributed by atoms with van der Waals surface area (Å²) in [7, 11) is 0. The number of nitrogens with one attached hydrogen (secondary N) is 2. The van der Waals surface area contributed by atoms with E-state index < -0.39 is 17.8 Å². The lowest BCUT2D eigenvalue weighted by atomic mass is 9.93. The molecule has 0 unspecified atom stereocenters. The van der Waals surface area contributed by atoms with Gasteiger partial charge in [0.2, 0.25) is 5.91 Å². The highest BCUT2D eigenvalue weighted by Crippen LogP contribution is 2.28. The molecule has 5 amide bonds. The minimum absolute atomic E-state index is 0.0528. The topological polar surface area (TPSA) is 114 Å². The summed E-state index contributed by atoms with van der Waals surface area (Å²) in [6.07, 6.45) is 9.27. The molecule has 1 saturated carbocycles. The molecule has 2 aromatic heterocycles. The quantitative estimate of drug-likeness (QED) is 0.420. The average Bonchev–Trinajstić information content (AvgIpc) is 3.49. The Morgan fingerprint density at radius 2 is 1.89 bits per heavy atom. The Morgan fingerprint density at radius 1 is 1.09 bits per heavy atom. The van der Waals surface area contributed by atoms with Crippen LogP contribution in [0.25, 0.3) is 17.0 Å². The SMILES string of the molecule is O=C(Cn1cc(C=C2C(=O)NC(=O)N(C3CCCCC3)C2=O)c2ccccc21)NCc1ccco1. The van der Waals surface area contributed by atoms with Crippen LogP contribution in [-0.2, 0) is 27.5 Å². The zero-order valence-electron chi connectivity index (χ0n) is 19.2. The third-order valence-electron chi connectivity index (χ3n) is 6.55. The second kappa shape index (κ2) is 9.61. The predicted octanol–water partition coefficient (Wildman–Crippen LogP) is 3.35. The van der Waals surface area contributed by atoms with Crippen LogP contribution >= 0.6 is 0 Å². The first-order chi connectivity index (χ1) is 17.0. The van der Waals surface area contributed by atoms with Crippen LogP contribution in [0.2, 0.25) is 0 Å². The molecule has 3 heterocycles. The van der Waals surface area contributed by atoms with Crippen molar-refractivity contribution >= 4 is 40.7 Å². The minimum atomic E-state index is -0.708. The number of fused-ring (bicyclic) bond motifs is 1. The number of hydrogen-bond donors (Lipinski definition) is 2. The standard InChI is InChI=1S/C26H26N4O5/c31-23(27-14-19-9-6-12-35-19)16-29-15-17(20-10-4-5-11-22(20)29)13-21-24(32)28-26(34)30(25(21)33)18-7-2-1-3-8-18/h4-6,9-13,15,18H,1-3,7-8,14,16H2,(H,27,31)(H,28,32,34). The van der Waals surface area contributed by atoms with Gasteiger partial charge in [-0.25, -0.2) is 4.79 Å². The Bertz CT molecular complexity index is 1310. The molecule has 35 heavy (non-hydrogen) atoms. The summed E-state index contributed by atoms with van der Waals surface area (Å²) in [5.41, 5.74) is 1.33. The van der Waals surface area contributed by atoms with Crippen molar-refractivity contribution in [2.24, 2.45) is 0 Å². The zero-order chi connectivity index (χ0) is 24.4. The Kier molecular flexibility index (Phi) is 6.22. The second-order valence-electron chi connectivity index (χ2n) is 8.87. The number of benzene rings is 1. The normalized spacial score (nSPS) is 18.3. The van der Waals surface area contributed by atoms with Crippen molar-refractivity contribution in [2.75, 3.05) is 0 Å². The number of amides is 5. The van der Waals surface area contributed by atoms with E-state index >= 15 is 0 Å². The number of barbiturate groups is 1. The molecule has 3 aromatic rings. The third-order valence-corrected chi connectivity index (χ3v) is 6.55. The fourth-order valence-electron chi connectivity index (χ4n) is 4.83. The summed E-state index contributed by atoms with van der Waals surface area (Å²) < 4.78 is 7.02. The molecule has 1 aliphatic heterocycles. The van der Waals surface area contributed by atoms with E-state index in [1.165, 1.54) is 11.0 Å². The van der Waals surface area contributed by atoms with E-state index in [0.717, 1.165) is 43.0 Å². The van der Waals surface area contributed by atoms with Gasteiger partial charge in [0.25, 0.3) is 11.8 Å². The lowest BCUT2D eigenvalue weighted by Gasteiger charge is -2.35. The number of nitrogens with zero attached hydrogens (tertiary/aromatic N) is 2. The fourth-order valence-corrected chi connectivity index (χ4v) is 4.83. The van der Waals surface area contributed by atoms with Gasteiger partial charge in [-0.2, -0.15) is 0 Å². The number of furan rings is 1. The van der Waals surface area contributed by atoms with Crippen LogP contribution in [0.1, 0.15) is 43.4 Å². The third kappa shape index (κ3) is 4.62. The van der Waals surface area contributed by atoms with Gasteiger partial charge in [-0.1, -0.05) is 37.5 Å². The van der Waals surface area contributed by atoms with Gasteiger partial charge in [-0.15, -0.1) is 0 Å². The molecule has 0 spiro atoms. The smallest absolute Gasteiger partial charge is 0.331 e. The van der Waals surface area contributed by atoms with E-state index in [0.29, 0.717) is 11.3 Å². The summed E-state index contributed by atoms with van der Waals surface area (Å²) in [6, 6.07) is 10.1. The van der Waals surface area contributed by atoms with Crippen LogP contribution in [0.15, 0.2) is 58.8 Å². The first-order valence-electron chi connectivity index (χ1n) is 11.8. The van der Waals surface area contributed by atoms with Gasteiger partial charge < -0.3 is 14.3 Å². The zero-order valence-corrected chi connectivity index (χ0v) is 19.2. The molecule has 5 rings (SSSR count). The van der Waals surface area contributed by atoms with E-state index in [-0.39, 0.29) is 30.6 Å². The molecule has 9 nitrogen and oxygen atoms in total. The first-order valence-corrected chi connectivity index (χ1v) is 11.8. The van der Waals surface area contributed by atoms with Crippen LogP contribution in [0.3, 0.4) is 0 Å². The van der Waals surface area contributed by atoms with Gasteiger partial charge in [0.1, 0.15) is 17.9 Å². The van der Waals surface area contributed by atoms with E-state index in [1.807, 2.05) is 24.3 Å². The first kappa shape index (κ1) is 22.6. The Morgan fingerprint density at radius 3 is 2.66 bits per heavy atom. The maximum absolute atomic E-state index is 13.3. The highest BCUT2D eigenvalue weighted by molar-refractivity contribution is 6.31. The number of urea groups is 1. The number of imide groups is 2. The molecule has 0 bridgehead atoms. The largest absolute Gasteiger partial charge is 0.467 e. The maximum Gasteiger partial charge on any atom is 0.331 e. The molecule has 1 saturated heterocycles. The molecule has 0 atom stereocenters. The Hall–Kier alpha value is -4.14. The summed E-state index contributed by atoms with van der Waals surface area (Å²) in [5.74, 6) is -0.833. The monoisotopic (exact) mass is 474 g/mol. The van der Waals surface area contributed by atoms with E-state index in [2.05, 4.69) is 10.6 Å². The van der Waals surface area contributed by atoms with E-state index in [1.54, 1.807) is 29.2 Å². The van der Waals surface area contributed by atoms with Gasteiger partial charge in [0, 0.05) is 28.7 Å². The van der Waals surface area contributed by atoms with Gasteiger partial charge in [0.15, 0.2) is 0 Å². The van der Waals surface area contributed by atoms with Crippen LogP contribution in [0, 0.1) is 0 Å². The summed E-state index contributed by atoms with van der Waals surface area (Å²) in [6.45, 7) is 0.332. The number of aromatic nitrogens is 1. The molecular formula is C26H26N4O5. The molecular weight excluding hydrogens is 448 g/mol. The Labute approximate surface area is 201 Å². The maximum atomic E-state index is 13.3. The fraction of sp³-hybridized carbons (Fsp3) is 0.308. The van der Waals surface area contributed by atoms with Crippen molar-refractivity contribution < 1.29 is 23.6 Å². The molecule has 9 heteroatoms. The number of rotatable bonds is 6. The molecule has 1 aromatic carbocycles. The van der Waals surface area contributed by atoms with Gasteiger partial charge in [0.05, 0.1) is 12.8 Å². The van der Waals surface area contributed by atoms with Gasteiger partial charge >= 0.3 is 6.03 Å². The molecule has 1 aliphatic carbocycles. The van der Waals surface area contributed by atoms with Crippen molar-refractivity contribution in [3.05, 3.63) is 65.8 Å². The molecule has 0 radical (unpaired) electrons. The molecule has 2 aliphatic rings. The molecule has 2 N–H and O–H groups in total. The van der Waals surface area contributed by atoms with Gasteiger partial charge in [-0.3, -0.25) is 24.6 Å².